The molecule has 0 saturated carbocycles. The minimum atomic E-state index is -0.221. The van der Waals surface area contributed by atoms with E-state index in [0.29, 0.717) is 11.6 Å². The minimum Gasteiger partial charge on any atom is -0.391 e. The highest BCUT2D eigenvalue weighted by atomic mass is 35.5. The van der Waals surface area contributed by atoms with Gasteiger partial charge in [-0.05, 0) is 25.0 Å². The number of aliphatic hydroxyl groups is 1. The Labute approximate surface area is 88.3 Å². The molecule has 14 heavy (non-hydrogen) atoms. The van der Waals surface area contributed by atoms with E-state index in [2.05, 4.69) is 9.88 Å². The van der Waals surface area contributed by atoms with Gasteiger partial charge in [-0.15, -0.1) is 0 Å². The SMILES string of the molecule is O[C@@H]1CCCN(c2ccc(Cl)cn2)C1. The predicted octanol–water partition coefficient (Wildman–Crippen LogP) is 1.70. The van der Waals surface area contributed by atoms with Gasteiger partial charge in [0.05, 0.1) is 11.1 Å². The fourth-order valence-electron chi connectivity index (χ4n) is 1.72. The standard InChI is InChI=1S/C10H13ClN2O/c11-8-3-4-10(12-6-8)13-5-1-2-9(14)7-13/h3-4,6,9,14H,1-2,5,7H2/t9-/m1/s1. The van der Waals surface area contributed by atoms with Crippen LogP contribution < -0.4 is 4.90 Å². The molecule has 1 aromatic heterocycles. The summed E-state index contributed by atoms with van der Waals surface area (Å²) in [5.74, 6) is 0.896. The molecular weight excluding hydrogens is 200 g/mol. The van der Waals surface area contributed by atoms with Gasteiger partial charge < -0.3 is 10.0 Å². The maximum atomic E-state index is 9.50. The van der Waals surface area contributed by atoms with Gasteiger partial charge in [-0.1, -0.05) is 11.6 Å². The third-order valence-corrected chi connectivity index (χ3v) is 2.66. The maximum Gasteiger partial charge on any atom is 0.128 e. The average molecular weight is 213 g/mol. The van der Waals surface area contributed by atoms with Gasteiger partial charge in [0.25, 0.3) is 0 Å². The molecule has 0 spiro atoms. The van der Waals surface area contributed by atoms with E-state index in [4.69, 9.17) is 11.6 Å². The summed E-state index contributed by atoms with van der Waals surface area (Å²) in [7, 11) is 0. The van der Waals surface area contributed by atoms with Gasteiger partial charge in [-0.3, -0.25) is 0 Å². The summed E-state index contributed by atoms with van der Waals surface area (Å²) >= 11 is 5.75. The highest BCUT2D eigenvalue weighted by molar-refractivity contribution is 6.30. The van der Waals surface area contributed by atoms with Crippen LogP contribution in [0.15, 0.2) is 18.3 Å². The van der Waals surface area contributed by atoms with Gasteiger partial charge in [0.2, 0.25) is 0 Å². The highest BCUT2D eigenvalue weighted by Gasteiger charge is 2.18. The molecule has 0 aliphatic carbocycles. The van der Waals surface area contributed by atoms with Crippen molar-refractivity contribution in [2.24, 2.45) is 0 Å². The molecular formula is C10H13ClN2O. The molecule has 1 fully saturated rings. The van der Waals surface area contributed by atoms with Crippen molar-refractivity contribution < 1.29 is 5.11 Å². The number of hydrogen-bond donors (Lipinski definition) is 1. The normalized spacial score (nSPS) is 22.4. The van der Waals surface area contributed by atoms with Crippen LogP contribution in [-0.4, -0.2) is 29.3 Å². The zero-order valence-electron chi connectivity index (χ0n) is 7.86. The Morgan fingerprint density at radius 1 is 1.50 bits per heavy atom. The number of nitrogens with zero attached hydrogens (tertiary/aromatic N) is 2. The Morgan fingerprint density at radius 3 is 3.00 bits per heavy atom. The summed E-state index contributed by atoms with van der Waals surface area (Å²) in [5.41, 5.74) is 0. The first-order valence-corrected chi connectivity index (χ1v) is 5.18. The first kappa shape index (κ1) is 9.74. The summed E-state index contributed by atoms with van der Waals surface area (Å²) < 4.78 is 0. The molecule has 0 bridgehead atoms. The second kappa shape index (κ2) is 4.15. The third kappa shape index (κ3) is 2.16. The van der Waals surface area contributed by atoms with Crippen LogP contribution in [0.25, 0.3) is 0 Å². The molecule has 4 heteroatoms. The summed E-state index contributed by atoms with van der Waals surface area (Å²) in [6.45, 7) is 1.64. The number of aliphatic hydroxyl groups excluding tert-OH is 1. The lowest BCUT2D eigenvalue weighted by molar-refractivity contribution is 0.154. The molecule has 0 radical (unpaired) electrons. The summed E-state index contributed by atoms with van der Waals surface area (Å²) in [6.07, 6.45) is 3.33. The molecule has 1 atom stereocenters. The molecule has 0 unspecified atom stereocenters. The van der Waals surface area contributed by atoms with Crippen LogP contribution >= 0.6 is 11.6 Å². The van der Waals surface area contributed by atoms with E-state index in [1.54, 1.807) is 6.20 Å². The van der Waals surface area contributed by atoms with Gasteiger partial charge >= 0.3 is 0 Å². The molecule has 2 rings (SSSR count). The van der Waals surface area contributed by atoms with Crippen molar-refractivity contribution in [3.63, 3.8) is 0 Å². The van der Waals surface area contributed by atoms with Gasteiger partial charge in [-0.25, -0.2) is 4.98 Å². The number of hydrogen-bond acceptors (Lipinski definition) is 3. The monoisotopic (exact) mass is 212 g/mol. The van der Waals surface area contributed by atoms with E-state index in [1.807, 2.05) is 12.1 Å². The van der Waals surface area contributed by atoms with E-state index in [-0.39, 0.29) is 6.10 Å². The molecule has 3 nitrogen and oxygen atoms in total. The number of rotatable bonds is 1. The third-order valence-electron chi connectivity index (χ3n) is 2.43. The van der Waals surface area contributed by atoms with E-state index in [0.717, 1.165) is 25.2 Å². The van der Waals surface area contributed by atoms with Crippen LogP contribution in [0.2, 0.25) is 5.02 Å². The summed E-state index contributed by atoms with van der Waals surface area (Å²) in [4.78, 5) is 6.31. The molecule has 2 heterocycles. The summed E-state index contributed by atoms with van der Waals surface area (Å²) in [5, 5.41) is 10.1. The zero-order valence-corrected chi connectivity index (χ0v) is 8.61. The lowest BCUT2D eigenvalue weighted by Crippen LogP contribution is -2.38. The van der Waals surface area contributed by atoms with Gasteiger partial charge in [-0.2, -0.15) is 0 Å². The fraction of sp³-hybridized carbons (Fsp3) is 0.500. The van der Waals surface area contributed by atoms with Gasteiger partial charge in [0.15, 0.2) is 0 Å². The molecule has 0 amide bonds. The zero-order chi connectivity index (χ0) is 9.97. The Hall–Kier alpha value is -0.800. The predicted molar refractivity (Wildman–Crippen MR) is 56.7 cm³/mol. The van der Waals surface area contributed by atoms with Crippen molar-refractivity contribution in [3.8, 4) is 0 Å². The van der Waals surface area contributed by atoms with Crippen LogP contribution in [0.1, 0.15) is 12.8 Å². The number of aromatic nitrogens is 1. The number of anilines is 1. The van der Waals surface area contributed by atoms with Crippen molar-refractivity contribution in [2.45, 2.75) is 18.9 Å². The van der Waals surface area contributed by atoms with Gasteiger partial charge in [0, 0.05) is 19.3 Å². The first-order valence-electron chi connectivity index (χ1n) is 4.80. The Bertz CT molecular complexity index is 301. The lowest BCUT2D eigenvalue weighted by Gasteiger charge is -2.30. The Balaban J connectivity index is 2.10. The van der Waals surface area contributed by atoms with Crippen LogP contribution in [0.5, 0.6) is 0 Å². The molecule has 0 aromatic carbocycles. The van der Waals surface area contributed by atoms with E-state index in [1.165, 1.54) is 0 Å². The lowest BCUT2D eigenvalue weighted by atomic mass is 10.1. The van der Waals surface area contributed by atoms with Crippen molar-refractivity contribution >= 4 is 17.4 Å². The van der Waals surface area contributed by atoms with Crippen molar-refractivity contribution in [1.29, 1.82) is 0 Å². The maximum absolute atomic E-state index is 9.50. The van der Waals surface area contributed by atoms with E-state index >= 15 is 0 Å². The number of β-amino-alcohol motifs (C(OH)–C–C–N with tert-alkyl or cyclic N) is 1. The molecule has 1 aliphatic rings. The Kier molecular flexibility index (Phi) is 2.89. The van der Waals surface area contributed by atoms with Crippen molar-refractivity contribution in [2.75, 3.05) is 18.0 Å². The first-order chi connectivity index (χ1) is 6.75. The summed E-state index contributed by atoms with van der Waals surface area (Å²) in [6, 6.07) is 3.71. The molecule has 1 aliphatic heterocycles. The quantitative estimate of drug-likeness (QED) is 0.770. The van der Waals surface area contributed by atoms with E-state index in [9.17, 15) is 5.11 Å². The minimum absolute atomic E-state index is 0.221. The van der Waals surface area contributed by atoms with Crippen molar-refractivity contribution in [1.82, 2.24) is 4.98 Å². The average Bonchev–Trinajstić information content (AvgIpc) is 2.19. The number of pyridine rings is 1. The second-order valence-corrected chi connectivity index (χ2v) is 4.01. The second-order valence-electron chi connectivity index (χ2n) is 3.58. The van der Waals surface area contributed by atoms with Crippen LogP contribution in [0.4, 0.5) is 5.82 Å². The molecule has 1 saturated heterocycles. The fourth-order valence-corrected chi connectivity index (χ4v) is 1.83. The van der Waals surface area contributed by atoms with Gasteiger partial charge in [0.1, 0.15) is 5.82 Å². The molecule has 76 valence electrons. The Morgan fingerprint density at radius 2 is 2.36 bits per heavy atom. The number of piperidine rings is 1. The van der Waals surface area contributed by atoms with E-state index < -0.39 is 0 Å². The number of halogens is 1. The largest absolute Gasteiger partial charge is 0.391 e. The van der Waals surface area contributed by atoms with Crippen molar-refractivity contribution in [3.05, 3.63) is 23.4 Å². The topological polar surface area (TPSA) is 36.4 Å². The smallest absolute Gasteiger partial charge is 0.128 e. The molecule has 1 N–H and O–H groups in total. The van der Waals surface area contributed by atoms with Crippen LogP contribution in [0.3, 0.4) is 0 Å². The highest BCUT2D eigenvalue weighted by Crippen LogP contribution is 2.18. The molecule has 1 aromatic rings. The van der Waals surface area contributed by atoms with Crippen LogP contribution in [0, 0.1) is 0 Å². The van der Waals surface area contributed by atoms with Crippen LogP contribution in [-0.2, 0) is 0 Å².